The third-order valence-electron chi connectivity index (χ3n) is 5.31. The Kier molecular flexibility index (Phi) is 7.44. The molecule has 0 bridgehead atoms. The maximum Gasteiger partial charge on any atom is 0.410 e. The van der Waals surface area contributed by atoms with E-state index in [0.717, 1.165) is 11.1 Å². The van der Waals surface area contributed by atoms with E-state index in [2.05, 4.69) is 0 Å². The standard InChI is InChI=1S/C22H26FNO5S/c1-2-30(26,27)29-16-19-14-24(22(25)28-15-17-6-4-3-5-7-17)13-12-21(19)18-8-10-20(23)11-9-18/h3-11,19,21H,2,12-16H2,1H3/t19-,21-/m1/s1. The van der Waals surface area contributed by atoms with Crippen LogP contribution in [0, 0.1) is 11.7 Å². The van der Waals surface area contributed by atoms with Gasteiger partial charge in [0.05, 0.1) is 12.4 Å². The van der Waals surface area contributed by atoms with Crippen molar-refractivity contribution in [2.24, 2.45) is 5.92 Å². The number of hydrogen-bond donors (Lipinski definition) is 0. The number of piperidine rings is 1. The number of halogens is 1. The Balaban J connectivity index is 1.68. The zero-order valence-corrected chi connectivity index (χ0v) is 17.7. The van der Waals surface area contributed by atoms with Crippen LogP contribution in [0.3, 0.4) is 0 Å². The molecule has 1 heterocycles. The van der Waals surface area contributed by atoms with E-state index in [-0.39, 0.29) is 36.6 Å². The van der Waals surface area contributed by atoms with Gasteiger partial charge in [-0.25, -0.2) is 9.18 Å². The fraction of sp³-hybridized carbons (Fsp3) is 0.409. The molecule has 1 aliphatic rings. The van der Waals surface area contributed by atoms with Crippen LogP contribution in [0.5, 0.6) is 0 Å². The second-order valence-corrected chi connectivity index (χ2v) is 9.25. The first-order chi connectivity index (χ1) is 14.4. The second-order valence-electron chi connectivity index (χ2n) is 7.32. The minimum atomic E-state index is -3.61. The maximum atomic E-state index is 13.3. The molecule has 6 nitrogen and oxygen atoms in total. The van der Waals surface area contributed by atoms with Crippen LogP contribution in [0.1, 0.15) is 30.4 Å². The Hall–Kier alpha value is -2.45. The van der Waals surface area contributed by atoms with Crippen LogP contribution in [0.15, 0.2) is 54.6 Å². The highest BCUT2D eigenvalue weighted by Crippen LogP contribution is 2.34. The molecular formula is C22H26FNO5S. The quantitative estimate of drug-likeness (QED) is 0.616. The Morgan fingerprint density at radius 1 is 1.13 bits per heavy atom. The van der Waals surface area contributed by atoms with Gasteiger partial charge in [-0.05, 0) is 42.5 Å². The van der Waals surface area contributed by atoms with Crippen LogP contribution in [0.25, 0.3) is 0 Å². The monoisotopic (exact) mass is 435 g/mol. The largest absolute Gasteiger partial charge is 0.445 e. The molecule has 0 radical (unpaired) electrons. The molecule has 2 aromatic rings. The molecular weight excluding hydrogens is 409 g/mol. The average molecular weight is 436 g/mol. The summed E-state index contributed by atoms with van der Waals surface area (Å²) in [5.74, 6) is -0.753. The van der Waals surface area contributed by atoms with Crippen LogP contribution < -0.4 is 0 Å². The SMILES string of the molecule is CCS(=O)(=O)OC[C@H]1CN(C(=O)OCc2ccccc2)CC[C@@H]1c1ccc(F)cc1. The van der Waals surface area contributed by atoms with E-state index in [0.29, 0.717) is 19.5 Å². The number of carbonyl (C=O) groups is 1. The lowest BCUT2D eigenvalue weighted by Crippen LogP contribution is -2.45. The summed E-state index contributed by atoms with van der Waals surface area (Å²) in [5, 5.41) is 0. The molecule has 0 aliphatic carbocycles. The van der Waals surface area contributed by atoms with E-state index in [4.69, 9.17) is 8.92 Å². The van der Waals surface area contributed by atoms with Crippen molar-refractivity contribution >= 4 is 16.2 Å². The first kappa shape index (κ1) is 22.2. The summed E-state index contributed by atoms with van der Waals surface area (Å²) in [6.45, 7) is 2.41. The van der Waals surface area contributed by atoms with E-state index >= 15 is 0 Å². The molecule has 1 amide bonds. The van der Waals surface area contributed by atoms with Gasteiger partial charge in [0.2, 0.25) is 0 Å². The van der Waals surface area contributed by atoms with E-state index in [1.165, 1.54) is 19.1 Å². The maximum absolute atomic E-state index is 13.3. The van der Waals surface area contributed by atoms with Crippen molar-refractivity contribution in [1.82, 2.24) is 4.90 Å². The van der Waals surface area contributed by atoms with Gasteiger partial charge < -0.3 is 9.64 Å². The first-order valence-corrected chi connectivity index (χ1v) is 11.5. The van der Waals surface area contributed by atoms with E-state index in [9.17, 15) is 17.6 Å². The molecule has 30 heavy (non-hydrogen) atoms. The highest BCUT2D eigenvalue weighted by atomic mass is 32.2. The average Bonchev–Trinajstić information content (AvgIpc) is 2.77. The number of rotatable bonds is 7. The van der Waals surface area contributed by atoms with Crippen LogP contribution in [-0.4, -0.2) is 44.9 Å². The highest BCUT2D eigenvalue weighted by molar-refractivity contribution is 7.86. The number of likely N-dealkylation sites (tertiary alicyclic amines) is 1. The molecule has 1 saturated heterocycles. The molecule has 0 spiro atoms. The molecule has 2 aromatic carbocycles. The van der Waals surface area contributed by atoms with Crippen LogP contribution in [0.4, 0.5) is 9.18 Å². The van der Waals surface area contributed by atoms with Gasteiger partial charge in [0.1, 0.15) is 12.4 Å². The van der Waals surface area contributed by atoms with Gasteiger partial charge >= 0.3 is 6.09 Å². The van der Waals surface area contributed by atoms with Gasteiger partial charge in [-0.2, -0.15) is 8.42 Å². The topological polar surface area (TPSA) is 72.9 Å². The molecule has 162 valence electrons. The van der Waals surface area contributed by atoms with E-state index in [1.807, 2.05) is 30.3 Å². The fourth-order valence-corrected chi connectivity index (χ4v) is 4.15. The van der Waals surface area contributed by atoms with Crippen molar-refractivity contribution < 1.29 is 26.5 Å². The number of nitrogens with zero attached hydrogens (tertiary/aromatic N) is 1. The molecule has 0 aromatic heterocycles. The lowest BCUT2D eigenvalue weighted by molar-refractivity contribution is 0.0650. The third kappa shape index (κ3) is 6.03. The summed E-state index contributed by atoms with van der Waals surface area (Å²) >= 11 is 0. The normalized spacial score (nSPS) is 19.5. The van der Waals surface area contributed by atoms with Crippen molar-refractivity contribution in [3.8, 4) is 0 Å². The lowest BCUT2D eigenvalue weighted by Gasteiger charge is -2.38. The molecule has 1 aliphatic heterocycles. The number of benzene rings is 2. The van der Waals surface area contributed by atoms with Crippen molar-refractivity contribution in [3.63, 3.8) is 0 Å². The predicted molar refractivity (Wildman–Crippen MR) is 111 cm³/mol. The zero-order chi connectivity index (χ0) is 21.6. The predicted octanol–water partition coefficient (Wildman–Crippen LogP) is 3.93. The van der Waals surface area contributed by atoms with E-state index in [1.54, 1.807) is 17.0 Å². The molecule has 8 heteroatoms. The Morgan fingerprint density at radius 3 is 2.50 bits per heavy atom. The third-order valence-corrected chi connectivity index (χ3v) is 6.51. The molecule has 0 saturated carbocycles. The summed E-state index contributed by atoms with van der Waals surface area (Å²) in [6, 6.07) is 15.6. The molecule has 3 rings (SSSR count). The molecule has 2 atom stereocenters. The van der Waals surface area contributed by atoms with Gasteiger partial charge in [0.25, 0.3) is 10.1 Å². The first-order valence-electron chi connectivity index (χ1n) is 9.96. The van der Waals surface area contributed by atoms with Crippen LogP contribution in [0.2, 0.25) is 0 Å². The second kappa shape index (κ2) is 10.0. The van der Waals surface area contributed by atoms with Gasteiger partial charge in [-0.15, -0.1) is 0 Å². The fourth-order valence-electron chi connectivity index (χ4n) is 3.60. The Labute approximate surface area is 176 Å². The summed E-state index contributed by atoms with van der Waals surface area (Å²) in [5.41, 5.74) is 1.79. The van der Waals surface area contributed by atoms with Crippen molar-refractivity contribution in [2.75, 3.05) is 25.4 Å². The molecule has 0 unspecified atom stereocenters. The zero-order valence-electron chi connectivity index (χ0n) is 16.9. The highest BCUT2D eigenvalue weighted by Gasteiger charge is 2.34. The lowest BCUT2D eigenvalue weighted by atomic mass is 9.81. The summed E-state index contributed by atoms with van der Waals surface area (Å²) in [4.78, 5) is 14.1. The Bertz CT molecular complexity index is 934. The minimum Gasteiger partial charge on any atom is -0.445 e. The van der Waals surface area contributed by atoms with E-state index < -0.39 is 16.2 Å². The number of amides is 1. The number of ether oxygens (including phenoxy) is 1. The summed E-state index contributed by atoms with van der Waals surface area (Å²) in [6.07, 6.45) is 0.159. The number of hydrogen-bond acceptors (Lipinski definition) is 5. The molecule has 1 fully saturated rings. The van der Waals surface area contributed by atoms with Gasteiger partial charge in [-0.1, -0.05) is 42.5 Å². The van der Waals surface area contributed by atoms with Crippen molar-refractivity contribution in [2.45, 2.75) is 25.9 Å². The molecule has 0 N–H and O–H groups in total. The number of carbonyl (C=O) groups excluding carboxylic acids is 1. The van der Waals surface area contributed by atoms with Crippen LogP contribution in [-0.2, 0) is 25.6 Å². The van der Waals surface area contributed by atoms with Crippen LogP contribution >= 0.6 is 0 Å². The Morgan fingerprint density at radius 2 is 1.83 bits per heavy atom. The minimum absolute atomic E-state index is 0.0410. The van der Waals surface area contributed by atoms with Gasteiger partial charge in [-0.3, -0.25) is 4.18 Å². The summed E-state index contributed by atoms with van der Waals surface area (Å²) in [7, 11) is -3.61. The van der Waals surface area contributed by atoms with Crippen molar-refractivity contribution in [3.05, 3.63) is 71.5 Å². The van der Waals surface area contributed by atoms with Gasteiger partial charge in [0.15, 0.2) is 0 Å². The summed E-state index contributed by atoms with van der Waals surface area (Å²) < 4.78 is 47.6. The van der Waals surface area contributed by atoms with Gasteiger partial charge in [0, 0.05) is 19.0 Å². The smallest absolute Gasteiger partial charge is 0.410 e. The van der Waals surface area contributed by atoms with Crippen molar-refractivity contribution in [1.29, 1.82) is 0 Å².